The van der Waals surface area contributed by atoms with E-state index >= 15 is 0 Å². The van der Waals surface area contributed by atoms with Gasteiger partial charge < -0.3 is 9.47 Å². The number of Topliss-reactive ketones (excluding diaryl/α,β-unsaturated/α-hetero) is 1. The number of ether oxygens (including phenoxy) is 2. The van der Waals surface area contributed by atoms with E-state index in [0.29, 0.717) is 15.9 Å². The quantitative estimate of drug-likeness (QED) is 0.108. The van der Waals surface area contributed by atoms with Gasteiger partial charge in [-0.2, -0.15) is 17.6 Å². The van der Waals surface area contributed by atoms with Gasteiger partial charge in [0, 0.05) is 10.4 Å². The Morgan fingerprint density at radius 3 is 2.22 bits per heavy atom. The second-order valence-corrected chi connectivity index (χ2v) is 10.1. The molecule has 6 nitrogen and oxygen atoms in total. The molecule has 5 rings (SSSR count). The SMILES string of the molecule is O=C(CSc1nc2sc3c(c2c(=O)n1-c1ccc(OC(F)F)cc1)CCC3)c1ccc(OC(F)F)cc1. The van der Waals surface area contributed by atoms with Crippen molar-refractivity contribution in [2.45, 2.75) is 37.6 Å². The van der Waals surface area contributed by atoms with E-state index in [0.717, 1.165) is 41.5 Å². The first-order chi connectivity index (χ1) is 17.8. The molecule has 0 bridgehead atoms. The van der Waals surface area contributed by atoms with Crippen LogP contribution in [0.25, 0.3) is 15.9 Å². The summed E-state index contributed by atoms with van der Waals surface area (Å²) >= 11 is 2.51. The van der Waals surface area contributed by atoms with Gasteiger partial charge in [-0.05, 0) is 73.4 Å². The van der Waals surface area contributed by atoms with E-state index in [9.17, 15) is 27.2 Å². The third kappa shape index (κ3) is 5.35. The fourth-order valence-electron chi connectivity index (χ4n) is 4.16. The van der Waals surface area contributed by atoms with Crippen molar-refractivity contribution in [2.24, 2.45) is 0 Å². The van der Waals surface area contributed by atoms with Crippen LogP contribution in [0.15, 0.2) is 58.5 Å². The van der Waals surface area contributed by atoms with Crippen LogP contribution in [-0.4, -0.2) is 34.3 Å². The summed E-state index contributed by atoms with van der Waals surface area (Å²) in [5, 5.41) is 0.807. The summed E-state index contributed by atoms with van der Waals surface area (Å²) in [6, 6.07) is 10.9. The van der Waals surface area contributed by atoms with Crippen LogP contribution in [0.5, 0.6) is 11.5 Å². The highest BCUT2D eigenvalue weighted by Gasteiger charge is 2.24. The molecule has 1 aliphatic carbocycles. The first-order valence-electron chi connectivity index (χ1n) is 11.1. The monoisotopic (exact) mass is 550 g/mol. The Morgan fingerprint density at radius 1 is 0.973 bits per heavy atom. The van der Waals surface area contributed by atoms with Gasteiger partial charge in [-0.3, -0.25) is 14.2 Å². The number of benzene rings is 2. The number of aromatic nitrogens is 2. The molecular weight excluding hydrogens is 532 g/mol. The summed E-state index contributed by atoms with van der Waals surface area (Å²) in [6.07, 6.45) is 2.62. The highest BCUT2D eigenvalue weighted by Crippen LogP contribution is 2.36. The van der Waals surface area contributed by atoms with Crippen molar-refractivity contribution in [3.63, 3.8) is 0 Å². The molecule has 0 atom stereocenters. The minimum Gasteiger partial charge on any atom is -0.435 e. The van der Waals surface area contributed by atoms with Gasteiger partial charge in [0.25, 0.3) is 5.56 Å². The number of thiophene rings is 1. The van der Waals surface area contributed by atoms with Crippen molar-refractivity contribution in [1.82, 2.24) is 9.55 Å². The lowest BCUT2D eigenvalue weighted by Crippen LogP contribution is -2.22. The molecule has 2 aromatic carbocycles. The molecule has 0 saturated carbocycles. The number of fused-ring (bicyclic) bond motifs is 3. The second kappa shape index (κ2) is 10.5. The molecule has 0 amide bonds. The summed E-state index contributed by atoms with van der Waals surface area (Å²) in [7, 11) is 0. The molecule has 0 unspecified atom stereocenters. The minimum atomic E-state index is -2.98. The molecule has 37 heavy (non-hydrogen) atoms. The summed E-state index contributed by atoms with van der Waals surface area (Å²) in [5.41, 5.74) is 1.37. The van der Waals surface area contributed by atoms with E-state index in [-0.39, 0.29) is 39.3 Å². The Balaban J connectivity index is 1.48. The van der Waals surface area contributed by atoms with E-state index in [1.807, 2.05) is 0 Å². The van der Waals surface area contributed by atoms with Crippen LogP contribution in [0.1, 0.15) is 27.2 Å². The average molecular weight is 551 g/mol. The number of alkyl halides is 4. The zero-order chi connectivity index (χ0) is 26.1. The summed E-state index contributed by atoms with van der Waals surface area (Å²) < 4.78 is 60.0. The van der Waals surface area contributed by atoms with Gasteiger partial charge in [-0.25, -0.2) is 4.98 Å². The van der Waals surface area contributed by atoms with Gasteiger partial charge in [-0.15, -0.1) is 11.3 Å². The van der Waals surface area contributed by atoms with E-state index in [4.69, 9.17) is 4.98 Å². The van der Waals surface area contributed by atoms with Crippen LogP contribution in [-0.2, 0) is 12.8 Å². The van der Waals surface area contributed by atoms with E-state index in [2.05, 4.69) is 9.47 Å². The van der Waals surface area contributed by atoms with Gasteiger partial charge in [0.2, 0.25) is 0 Å². The molecule has 12 heteroatoms. The van der Waals surface area contributed by atoms with E-state index in [1.54, 1.807) is 0 Å². The molecule has 0 N–H and O–H groups in total. The number of hydrogen-bond donors (Lipinski definition) is 0. The largest absolute Gasteiger partial charge is 0.435 e. The standard InChI is InChI=1S/C25H18F4N2O4S2/c26-23(27)34-15-8-4-13(5-9-15)18(32)12-36-25-30-21-20(17-2-1-3-19(17)37-21)22(33)31(25)14-6-10-16(11-7-14)35-24(28)29/h4-11,23-24H,1-3,12H2. The van der Waals surface area contributed by atoms with Crippen LogP contribution in [0.3, 0.4) is 0 Å². The maximum Gasteiger partial charge on any atom is 0.387 e. The van der Waals surface area contributed by atoms with Crippen molar-refractivity contribution in [2.75, 3.05) is 5.75 Å². The Morgan fingerprint density at radius 2 is 1.59 bits per heavy atom. The third-order valence-corrected chi connectivity index (χ3v) is 7.89. The Labute approximate surface area is 215 Å². The normalized spacial score (nSPS) is 12.9. The number of nitrogens with zero attached hydrogens (tertiary/aromatic N) is 2. The molecular formula is C25H18F4N2O4S2. The van der Waals surface area contributed by atoms with E-state index in [1.165, 1.54) is 64.4 Å². The number of ketones is 1. The van der Waals surface area contributed by atoms with Crippen molar-refractivity contribution in [3.05, 3.63) is 74.9 Å². The van der Waals surface area contributed by atoms with Crippen molar-refractivity contribution in [3.8, 4) is 17.2 Å². The fraction of sp³-hybridized carbons (Fsp3) is 0.240. The molecule has 0 spiro atoms. The molecule has 4 aromatic rings. The van der Waals surface area contributed by atoms with Crippen molar-refractivity contribution in [1.29, 1.82) is 0 Å². The lowest BCUT2D eigenvalue weighted by molar-refractivity contribution is -0.0505. The topological polar surface area (TPSA) is 70.4 Å². The summed E-state index contributed by atoms with van der Waals surface area (Å²) in [6.45, 7) is -5.95. The van der Waals surface area contributed by atoms with Gasteiger partial charge in [0.05, 0.1) is 16.8 Å². The molecule has 0 fully saturated rings. The van der Waals surface area contributed by atoms with Crippen LogP contribution >= 0.6 is 23.1 Å². The smallest absolute Gasteiger partial charge is 0.387 e. The molecule has 0 aliphatic heterocycles. The molecule has 0 saturated heterocycles. The molecule has 2 heterocycles. The van der Waals surface area contributed by atoms with Gasteiger partial charge in [-0.1, -0.05) is 11.8 Å². The zero-order valence-electron chi connectivity index (χ0n) is 19.0. The molecule has 1 aliphatic rings. The lowest BCUT2D eigenvalue weighted by Gasteiger charge is -2.13. The molecule has 2 aromatic heterocycles. The van der Waals surface area contributed by atoms with Gasteiger partial charge in [0.15, 0.2) is 10.9 Å². The Bertz CT molecular complexity index is 1500. The van der Waals surface area contributed by atoms with E-state index < -0.39 is 13.2 Å². The predicted octanol–water partition coefficient (Wildman–Crippen LogP) is 6.11. The van der Waals surface area contributed by atoms with Crippen LogP contribution in [0, 0.1) is 0 Å². The van der Waals surface area contributed by atoms with Crippen LogP contribution in [0.4, 0.5) is 17.6 Å². The highest BCUT2D eigenvalue weighted by atomic mass is 32.2. The number of halogens is 4. The first-order valence-corrected chi connectivity index (χ1v) is 12.9. The second-order valence-electron chi connectivity index (χ2n) is 8.06. The van der Waals surface area contributed by atoms with Crippen molar-refractivity contribution < 1.29 is 31.8 Å². The number of carbonyl (C=O) groups is 1. The van der Waals surface area contributed by atoms with Crippen molar-refractivity contribution >= 4 is 39.1 Å². The zero-order valence-corrected chi connectivity index (χ0v) is 20.6. The van der Waals surface area contributed by atoms with Crippen LogP contribution in [0.2, 0.25) is 0 Å². The number of hydrogen-bond acceptors (Lipinski definition) is 7. The molecule has 192 valence electrons. The highest BCUT2D eigenvalue weighted by molar-refractivity contribution is 7.99. The average Bonchev–Trinajstić information content (AvgIpc) is 3.44. The number of thioether (sulfide) groups is 1. The van der Waals surface area contributed by atoms with Gasteiger partial charge in [0.1, 0.15) is 16.3 Å². The number of carbonyl (C=O) groups excluding carboxylic acids is 1. The minimum absolute atomic E-state index is 0.0547. The fourth-order valence-corrected chi connectivity index (χ4v) is 6.37. The Kier molecular flexibility index (Phi) is 7.20. The predicted molar refractivity (Wildman–Crippen MR) is 132 cm³/mol. The maximum atomic E-state index is 13.7. The van der Waals surface area contributed by atoms with Gasteiger partial charge >= 0.3 is 13.2 Å². The first kappa shape index (κ1) is 25.3. The number of aryl methyl sites for hydroxylation is 2. The third-order valence-electron chi connectivity index (χ3n) is 5.76. The summed E-state index contributed by atoms with van der Waals surface area (Å²) in [4.78, 5) is 32.9. The summed E-state index contributed by atoms with van der Waals surface area (Å²) in [5.74, 6) is -0.500. The maximum absolute atomic E-state index is 13.7. The number of rotatable bonds is 9. The Hall–Kier alpha value is -3.38. The van der Waals surface area contributed by atoms with Crippen LogP contribution < -0.4 is 15.0 Å². The molecule has 0 radical (unpaired) electrons. The lowest BCUT2D eigenvalue weighted by atomic mass is 10.1.